The monoisotopic (exact) mass is 348 g/mol. The number of halogens is 3. The van der Waals surface area contributed by atoms with Gasteiger partial charge in [-0.2, -0.15) is 13.2 Å². The molecule has 6 heteroatoms. The second-order valence-corrected chi connectivity index (χ2v) is 6.16. The van der Waals surface area contributed by atoms with Gasteiger partial charge in [0.25, 0.3) is 0 Å². The fourth-order valence-electron chi connectivity index (χ4n) is 2.69. The summed E-state index contributed by atoms with van der Waals surface area (Å²) in [7, 11) is 0. The average Bonchev–Trinajstić information content (AvgIpc) is 3.04. The van der Waals surface area contributed by atoms with Crippen molar-refractivity contribution in [2.45, 2.75) is 32.2 Å². The molecule has 1 aliphatic rings. The van der Waals surface area contributed by atoms with Gasteiger partial charge in [-0.05, 0) is 24.1 Å². The molecule has 2 aromatic carbocycles. The second kappa shape index (κ2) is 7.27. The summed E-state index contributed by atoms with van der Waals surface area (Å²) >= 11 is 0. The van der Waals surface area contributed by atoms with Crippen LogP contribution in [0.5, 0.6) is 0 Å². The molecule has 1 unspecified atom stereocenters. The molecule has 132 valence electrons. The molecule has 2 aromatic rings. The maximum atomic E-state index is 12.7. The Bertz CT molecular complexity index is 754. The number of hydrogen-bond donors (Lipinski definition) is 1. The summed E-state index contributed by atoms with van der Waals surface area (Å²) in [5, 5.41) is 7.25. The van der Waals surface area contributed by atoms with E-state index in [2.05, 4.69) is 10.5 Å². The van der Waals surface area contributed by atoms with Crippen molar-refractivity contribution in [3.05, 3.63) is 70.8 Å². The highest BCUT2D eigenvalue weighted by Gasteiger charge is 2.30. The molecule has 0 saturated carbocycles. The van der Waals surface area contributed by atoms with Crippen LogP contribution < -0.4 is 5.32 Å². The minimum absolute atomic E-state index is 0.109. The summed E-state index contributed by atoms with van der Waals surface area (Å²) in [6.45, 7) is 2.90. The first-order valence-electron chi connectivity index (χ1n) is 8.08. The minimum atomic E-state index is -4.32. The second-order valence-electron chi connectivity index (χ2n) is 6.16. The average molecular weight is 348 g/mol. The number of oxime groups is 1. The zero-order chi connectivity index (χ0) is 17.9. The number of nitrogens with zero attached hydrogens (tertiary/aromatic N) is 1. The number of hydrogen-bond acceptors (Lipinski definition) is 3. The lowest BCUT2D eigenvalue weighted by molar-refractivity contribution is -0.137. The van der Waals surface area contributed by atoms with Gasteiger partial charge in [0, 0.05) is 19.5 Å². The van der Waals surface area contributed by atoms with E-state index in [1.54, 1.807) is 6.07 Å². The van der Waals surface area contributed by atoms with Crippen molar-refractivity contribution in [3.63, 3.8) is 0 Å². The van der Waals surface area contributed by atoms with Gasteiger partial charge in [0.15, 0.2) is 0 Å². The topological polar surface area (TPSA) is 33.6 Å². The maximum Gasteiger partial charge on any atom is 0.416 e. The van der Waals surface area contributed by atoms with E-state index in [0.29, 0.717) is 25.1 Å². The van der Waals surface area contributed by atoms with E-state index < -0.39 is 11.7 Å². The molecule has 0 aromatic heterocycles. The van der Waals surface area contributed by atoms with Crippen molar-refractivity contribution in [3.8, 4) is 0 Å². The van der Waals surface area contributed by atoms with E-state index in [1.807, 2.05) is 31.2 Å². The lowest BCUT2D eigenvalue weighted by Crippen LogP contribution is -2.26. The van der Waals surface area contributed by atoms with Gasteiger partial charge < -0.3 is 10.2 Å². The van der Waals surface area contributed by atoms with Crippen molar-refractivity contribution >= 4 is 5.71 Å². The molecule has 1 heterocycles. The normalized spacial score (nSPS) is 17.3. The predicted octanol–water partition coefficient (Wildman–Crippen LogP) is 4.30. The van der Waals surface area contributed by atoms with E-state index in [-0.39, 0.29) is 6.10 Å². The van der Waals surface area contributed by atoms with Crippen molar-refractivity contribution in [1.29, 1.82) is 0 Å². The summed E-state index contributed by atoms with van der Waals surface area (Å²) in [6, 6.07) is 13.4. The van der Waals surface area contributed by atoms with Crippen LogP contribution in [0.4, 0.5) is 13.2 Å². The van der Waals surface area contributed by atoms with Crippen molar-refractivity contribution in [2.75, 3.05) is 6.54 Å². The minimum Gasteiger partial charge on any atom is -0.390 e. The zero-order valence-electron chi connectivity index (χ0n) is 13.8. The van der Waals surface area contributed by atoms with Gasteiger partial charge in [-0.3, -0.25) is 0 Å². The largest absolute Gasteiger partial charge is 0.416 e. The molecule has 1 N–H and O–H groups in total. The van der Waals surface area contributed by atoms with Gasteiger partial charge in [-0.1, -0.05) is 53.2 Å². The van der Waals surface area contributed by atoms with Crippen LogP contribution in [-0.2, 0) is 17.6 Å². The lowest BCUT2D eigenvalue weighted by Gasteiger charge is -2.11. The van der Waals surface area contributed by atoms with E-state index >= 15 is 0 Å². The Morgan fingerprint density at radius 2 is 1.92 bits per heavy atom. The molecule has 3 nitrogen and oxygen atoms in total. The Morgan fingerprint density at radius 1 is 1.16 bits per heavy atom. The number of alkyl halides is 3. The molecule has 25 heavy (non-hydrogen) atoms. The Hall–Kier alpha value is -2.34. The van der Waals surface area contributed by atoms with Crippen LogP contribution in [0.3, 0.4) is 0 Å². The molecule has 0 aliphatic carbocycles. The molecule has 0 spiro atoms. The third kappa shape index (κ3) is 4.60. The summed E-state index contributed by atoms with van der Waals surface area (Å²) < 4.78 is 38.1. The van der Waals surface area contributed by atoms with Gasteiger partial charge in [0.1, 0.15) is 6.10 Å². The van der Waals surface area contributed by atoms with Gasteiger partial charge in [-0.25, -0.2) is 0 Å². The van der Waals surface area contributed by atoms with Crippen LogP contribution >= 0.6 is 0 Å². The standard InChI is InChI=1S/C19H19F3N2O/c1-13-5-7-15(8-6-13)18-10-17(25-24-18)12-23-11-14-3-2-4-16(9-14)19(20,21)22/h2-9,17,23H,10-12H2,1H3. The SMILES string of the molecule is Cc1ccc(C2=NOC(CNCc3cccc(C(F)(F)F)c3)C2)cc1. The molecular formula is C19H19F3N2O. The molecule has 0 amide bonds. The van der Waals surface area contributed by atoms with Crippen molar-refractivity contribution in [1.82, 2.24) is 5.32 Å². The molecule has 1 aliphatic heterocycles. The van der Waals surface area contributed by atoms with Gasteiger partial charge >= 0.3 is 6.18 Å². The van der Waals surface area contributed by atoms with E-state index in [0.717, 1.165) is 23.4 Å². The lowest BCUT2D eigenvalue weighted by atomic mass is 10.0. The molecule has 0 bridgehead atoms. The van der Waals surface area contributed by atoms with E-state index in [1.165, 1.54) is 11.6 Å². The molecule has 0 radical (unpaired) electrons. The number of aryl methyl sites for hydroxylation is 1. The highest BCUT2D eigenvalue weighted by Crippen LogP contribution is 2.29. The fraction of sp³-hybridized carbons (Fsp3) is 0.316. The van der Waals surface area contributed by atoms with Gasteiger partial charge in [0.2, 0.25) is 0 Å². The van der Waals surface area contributed by atoms with Crippen LogP contribution in [-0.4, -0.2) is 18.4 Å². The Kier molecular flexibility index (Phi) is 5.08. The smallest absolute Gasteiger partial charge is 0.390 e. The summed E-state index contributed by atoms with van der Waals surface area (Å²) in [5.74, 6) is 0. The van der Waals surface area contributed by atoms with Crippen LogP contribution in [0.15, 0.2) is 53.7 Å². The highest BCUT2D eigenvalue weighted by molar-refractivity contribution is 6.01. The van der Waals surface area contributed by atoms with Crippen LogP contribution in [0.1, 0.15) is 28.7 Å². The predicted molar refractivity (Wildman–Crippen MR) is 90.4 cm³/mol. The Balaban J connectivity index is 1.49. The fourth-order valence-corrected chi connectivity index (χ4v) is 2.69. The Labute approximate surface area is 144 Å². The number of rotatable bonds is 5. The molecular weight excluding hydrogens is 329 g/mol. The molecule has 0 fully saturated rings. The zero-order valence-corrected chi connectivity index (χ0v) is 13.8. The number of benzene rings is 2. The Morgan fingerprint density at radius 3 is 2.64 bits per heavy atom. The van der Waals surface area contributed by atoms with Crippen LogP contribution in [0, 0.1) is 6.92 Å². The first-order chi connectivity index (χ1) is 11.9. The first-order valence-corrected chi connectivity index (χ1v) is 8.08. The van der Waals surface area contributed by atoms with Gasteiger partial charge in [-0.15, -0.1) is 0 Å². The third-order valence-electron chi connectivity index (χ3n) is 4.07. The van der Waals surface area contributed by atoms with Gasteiger partial charge in [0.05, 0.1) is 11.3 Å². The third-order valence-corrected chi connectivity index (χ3v) is 4.07. The molecule has 0 saturated heterocycles. The van der Waals surface area contributed by atoms with Crippen LogP contribution in [0.2, 0.25) is 0 Å². The molecule has 3 rings (SSSR count). The number of nitrogens with one attached hydrogen (secondary N) is 1. The maximum absolute atomic E-state index is 12.7. The van der Waals surface area contributed by atoms with Crippen molar-refractivity contribution in [2.24, 2.45) is 5.16 Å². The summed E-state index contributed by atoms with van der Waals surface area (Å²) in [5.41, 5.74) is 3.07. The van der Waals surface area contributed by atoms with Crippen LogP contribution in [0.25, 0.3) is 0 Å². The van der Waals surface area contributed by atoms with Crippen molar-refractivity contribution < 1.29 is 18.0 Å². The summed E-state index contributed by atoms with van der Waals surface area (Å²) in [6.07, 6.45) is -3.75. The van der Waals surface area contributed by atoms with E-state index in [9.17, 15) is 13.2 Å². The van der Waals surface area contributed by atoms with E-state index in [4.69, 9.17) is 4.84 Å². The highest BCUT2D eigenvalue weighted by atomic mass is 19.4. The quantitative estimate of drug-likeness (QED) is 0.874. The first kappa shape index (κ1) is 17.5. The summed E-state index contributed by atoms with van der Waals surface area (Å²) in [4.78, 5) is 5.41. The molecule has 1 atom stereocenters.